The second-order valence-electron chi connectivity index (χ2n) is 3.18. The molecule has 0 aliphatic rings. The van der Waals surface area contributed by atoms with Gasteiger partial charge in [0.05, 0.1) is 11.4 Å². The van der Waals surface area contributed by atoms with E-state index in [2.05, 4.69) is 0 Å². The number of hydrogen-bond acceptors (Lipinski definition) is 2. The average Bonchev–Trinajstić information content (AvgIpc) is 2.21. The summed E-state index contributed by atoms with van der Waals surface area (Å²) in [5, 5.41) is 8.41. The van der Waals surface area contributed by atoms with E-state index in [0.29, 0.717) is 5.56 Å². The minimum absolute atomic E-state index is 0.0140. The zero-order valence-electron chi connectivity index (χ0n) is 8.28. The maximum absolute atomic E-state index is 13.0. The van der Waals surface area contributed by atoms with Crippen molar-refractivity contribution < 1.29 is 18.5 Å². The third-order valence-electron chi connectivity index (χ3n) is 1.86. The van der Waals surface area contributed by atoms with Gasteiger partial charge < -0.3 is 5.11 Å². The molecule has 1 rings (SSSR count). The summed E-state index contributed by atoms with van der Waals surface area (Å²) in [6.07, 6.45) is -0.150. The number of benzene rings is 1. The molecule has 0 radical (unpaired) electrons. The molecular weight excluding hydrogens is 255 g/mol. The molecule has 1 atom stereocenters. The molecule has 0 saturated carbocycles. The highest BCUT2D eigenvalue weighted by molar-refractivity contribution is 7.84. The molecule has 1 N–H and O–H groups in total. The predicted molar refractivity (Wildman–Crippen MR) is 60.4 cm³/mol. The van der Waals surface area contributed by atoms with Crippen molar-refractivity contribution in [3.8, 4) is 0 Å². The first kappa shape index (κ1) is 13.1. The fourth-order valence-electron chi connectivity index (χ4n) is 1.09. The summed E-state index contributed by atoms with van der Waals surface area (Å²) in [7, 11) is -1.30. The number of aliphatic carboxylic acids is 1. The molecule has 3 nitrogen and oxygen atoms in total. The van der Waals surface area contributed by atoms with Crippen LogP contribution in [0.4, 0.5) is 4.39 Å². The highest BCUT2D eigenvalue weighted by Crippen LogP contribution is 2.16. The number of hydrogen-bond donors (Lipinski definition) is 1. The predicted octanol–water partition coefficient (Wildman–Crippen LogP) is 2.20. The van der Waals surface area contributed by atoms with Gasteiger partial charge in [0.15, 0.2) is 0 Å². The van der Waals surface area contributed by atoms with Crippen LogP contribution < -0.4 is 0 Å². The molecule has 6 heteroatoms. The van der Waals surface area contributed by atoms with Crippen LogP contribution >= 0.6 is 11.6 Å². The van der Waals surface area contributed by atoms with Crippen LogP contribution in [0, 0.1) is 5.82 Å². The lowest BCUT2D eigenvalue weighted by atomic mass is 10.2. The minimum Gasteiger partial charge on any atom is -0.481 e. The van der Waals surface area contributed by atoms with Crippen molar-refractivity contribution in [1.82, 2.24) is 0 Å². The minimum atomic E-state index is -1.30. The van der Waals surface area contributed by atoms with Crippen LogP contribution in [0.15, 0.2) is 18.2 Å². The van der Waals surface area contributed by atoms with E-state index in [1.807, 2.05) is 0 Å². The van der Waals surface area contributed by atoms with E-state index in [1.54, 1.807) is 6.07 Å². The van der Waals surface area contributed by atoms with Crippen molar-refractivity contribution in [1.29, 1.82) is 0 Å². The SMILES string of the molecule is O=C(O)CCS(=O)Cc1ccc(Cl)c(F)c1. The van der Waals surface area contributed by atoms with Crippen LogP contribution in [-0.4, -0.2) is 21.0 Å². The molecule has 0 aromatic heterocycles. The van der Waals surface area contributed by atoms with Crippen LogP contribution in [0.5, 0.6) is 0 Å². The standard InChI is InChI=1S/C10H10ClFO3S/c11-8-2-1-7(5-9(8)12)6-16(15)4-3-10(13)14/h1-2,5H,3-4,6H2,(H,13,14). The molecule has 1 aromatic rings. The summed E-state index contributed by atoms with van der Waals surface area (Å²) in [6, 6.07) is 4.17. The van der Waals surface area contributed by atoms with Crippen molar-refractivity contribution in [2.45, 2.75) is 12.2 Å². The first-order valence-corrected chi connectivity index (χ1v) is 6.36. The number of halogens is 2. The van der Waals surface area contributed by atoms with Gasteiger partial charge in [0.2, 0.25) is 0 Å². The van der Waals surface area contributed by atoms with Gasteiger partial charge in [-0.15, -0.1) is 0 Å². The van der Waals surface area contributed by atoms with Crippen molar-refractivity contribution in [3.63, 3.8) is 0 Å². The molecule has 88 valence electrons. The van der Waals surface area contributed by atoms with Crippen LogP contribution in [-0.2, 0) is 21.3 Å². The number of carbonyl (C=O) groups is 1. The summed E-state index contributed by atoms with van der Waals surface area (Å²) >= 11 is 5.49. The van der Waals surface area contributed by atoms with E-state index in [0.717, 1.165) is 0 Å². The monoisotopic (exact) mass is 264 g/mol. The largest absolute Gasteiger partial charge is 0.481 e. The average molecular weight is 265 g/mol. The highest BCUT2D eigenvalue weighted by Gasteiger charge is 2.07. The first-order valence-electron chi connectivity index (χ1n) is 4.49. The quantitative estimate of drug-likeness (QED) is 0.887. The van der Waals surface area contributed by atoms with E-state index < -0.39 is 22.6 Å². The Morgan fingerprint density at radius 1 is 1.50 bits per heavy atom. The Balaban J connectivity index is 2.56. The lowest BCUT2D eigenvalue weighted by Crippen LogP contribution is -2.06. The summed E-state index contributed by atoms with van der Waals surface area (Å²) < 4.78 is 24.4. The zero-order valence-corrected chi connectivity index (χ0v) is 9.85. The smallest absolute Gasteiger partial charge is 0.304 e. The lowest BCUT2D eigenvalue weighted by Gasteiger charge is -2.02. The molecule has 1 unspecified atom stereocenters. The second kappa shape index (κ2) is 5.96. The molecule has 0 saturated heterocycles. The van der Waals surface area contributed by atoms with Crippen molar-refractivity contribution in [2.75, 3.05) is 5.75 Å². The molecule has 0 aliphatic carbocycles. The zero-order chi connectivity index (χ0) is 12.1. The second-order valence-corrected chi connectivity index (χ2v) is 5.16. The third-order valence-corrected chi connectivity index (χ3v) is 3.48. The molecule has 0 amide bonds. The Labute approximate surface area is 99.7 Å². The molecule has 0 bridgehead atoms. The van der Waals surface area contributed by atoms with Crippen LogP contribution in [0.3, 0.4) is 0 Å². The van der Waals surface area contributed by atoms with Crippen LogP contribution in [0.1, 0.15) is 12.0 Å². The van der Waals surface area contributed by atoms with Gasteiger partial charge in [0.25, 0.3) is 0 Å². The molecule has 0 fully saturated rings. The molecule has 0 aliphatic heterocycles. The van der Waals surface area contributed by atoms with E-state index in [-0.39, 0.29) is 22.9 Å². The van der Waals surface area contributed by atoms with E-state index in [1.165, 1.54) is 12.1 Å². The van der Waals surface area contributed by atoms with Crippen LogP contribution in [0.25, 0.3) is 0 Å². The van der Waals surface area contributed by atoms with Gasteiger partial charge in [-0.2, -0.15) is 0 Å². The Kier molecular flexibility index (Phi) is 4.89. The fraction of sp³-hybridized carbons (Fsp3) is 0.300. The third kappa shape index (κ3) is 4.28. The van der Waals surface area contributed by atoms with Gasteiger partial charge in [-0.25, -0.2) is 4.39 Å². The van der Waals surface area contributed by atoms with Crippen molar-refractivity contribution in [3.05, 3.63) is 34.6 Å². The van der Waals surface area contributed by atoms with Gasteiger partial charge in [-0.1, -0.05) is 17.7 Å². The summed E-state index contributed by atoms with van der Waals surface area (Å²) in [5.74, 6) is -1.34. The maximum Gasteiger partial charge on any atom is 0.304 e. The van der Waals surface area contributed by atoms with Gasteiger partial charge in [-0.05, 0) is 17.7 Å². The summed E-state index contributed by atoms with van der Waals surface area (Å²) in [5.41, 5.74) is 0.547. The summed E-state index contributed by atoms with van der Waals surface area (Å²) in [4.78, 5) is 10.2. The lowest BCUT2D eigenvalue weighted by molar-refractivity contribution is -0.136. The van der Waals surface area contributed by atoms with Gasteiger partial charge in [-0.3, -0.25) is 9.00 Å². The number of rotatable bonds is 5. The molecule has 0 heterocycles. The molecule has 16 heavy (non-hydrogen) atoms. The Morgan fingerprint density at radius 3 is 2.75 bits per heavy atom. The number of carboxylic acid groups (broad SMARTS) is 1. The maximum atomic E-state index is 13.0. The Hall–Kier alpha value is -0.940. The van der Waals surface area contributed by atoms with Crippen LogP contribution in [0.2, 0.25) is 5.02 Å². The van der Waals surface area contributed by atoms with Crippen molar-refractivity contribution >= 4 is 28.4 Å². The van der Waals surface area contributed by atoms with E-state index >= 15 is 0 Å². The summed E-state index contributed by atoms with van der Waals surface area (Å²) in [6.45, 7) is 0. The first-order chi connectivity index (χ1) is 7.49. The van der Waals surface area contributed by atoms with Gasteiger partial charge in [0, 0.05) is 22.3 Å². The van der Waals surface area contributed by atoms with E-state index in [4.69, 9.17) is 16.7 Å². The molecule has 1 aromatic carbocycles. The topological polar surface area (TPSA) is 54.4 Å². The Morgan fingerprint density at radius 2 is 2.19 bits per heavy atom. The highest BCUT2D eigenvalue weighted by atomic mass is 35.5. The van der Waals surface area contributed by atoms with Gasteiger partial charge in [0.1, 0.15) is 5.82 Å². The fourth-order valence-corrected chi connectivity index (χ4v) is 2.30. The van der Waals surface area contributed by atoms with Crippen molar-refractivity contribution in [2.24, 2.45) is 0 Å². The van der Waals surface area contributed by atoms with Gasteiger partial charge >= 0.3 is 5.97 Å². The molecular formula is C10H10ClFO3S. The van der Waals surface area contributed by atoms with E-state index in [9.17, 15) is 13.4 Å². The Bertz CT molecular complexity index is 423. The normalized spacial score (nSPS) is 12.4. The molecule has 0 spiro atoms. The number of carboxylic acids is 1.